The van der Waals surface area contributed by atoms with Crippen LogP contribution >= 0.6 is 11.6 Å². The number of fused-ring (bicyclic) bond motifs is 1. The Kier molecular flexibility index (Phi) is 5.50. The summed E-state index contributed by atoms with van der Waals surface area (Å²) in [7, 11) is 0. The van der Waals surface area contributed by atoms with E-state index in [-0.39, 0.29) is 12.5 Å². The molecule has 1 amide bonds. The number of carbonyl (C=O) groups is 1. The highest BCUT2D eigenvalue weighted by atomic mass is 35.5. The van der Waals surface area contributed by atoms with Gasteiger partial charge in [0.2, 0.25) is 5.91 Å². The maximum absolute atomic E-state index is 12.2. The number of halogens is 1. The van der Waals surface area contributed by atoms with Gasteiger partial charge >= 0.3 is 0 Å². The van der Waals surface area contributed by atoms with Crippen LogP contribution in [-0.4, -0.2) is 32.3 Å². The molecule has 2 N–H and O–H groups in total. The van der Waals surface area contributed by atoms with Gasteiger partial charge in [0.1, 0.15) is 19.0 Å². The minimum absolute atomic E-state index is 0.0782. The summed E-state index contributed by atoms with van der Waals surface area (Å²) >= 11 is 6.20. The molecule has 0 saturated heterocycles. The summed E-state index contributed by atoms with van der Waals surface area (Å²) in [5.74, 6) is 1.62. The summed E-state index contributed by atoms with van der Waals surface area (Å²) in [5, 5.41) is 6.23. The van der Waals surface area contributed by atoms with E-state index in [1.165, 1.54) is 0 Å². The predicted octanol–water partition coefficient (Wildman–Crippen LogP) is 3.56. The van der Waals surface area contributed by atoms with E-state index >= 15 is 0 Å². The predicted molar refractivity (Wildman–Crippen MR) is 97.2 cm³/mol. The van der Waals surface area contributed by atoms with Gasteiger partial charge in [0.25, 0.3) is 0 Å². The minimum atomic E-state index is -0.232. The zero-order valence-corrected chi connectivity index (χ0v) is 14.6. The molecule has 0 spiro atoms. The minimum Gasteiger partial charge on any atom is -0.492 e. The summed E-state index contributed by atoms with van der Waals surface area (Å²) in [6.45, 7) is 3.50. The molecule has 1 aliphatic rings. The molecule has 1 aliphatic heterocycles. The van der Waals surface area contributed by atoms with Gasteiger partial charge in [-0.25, -0.2) is 0 Å². The molecule has 0 atom stereocenters. The van der Waals surface area contributed by atoms with Crippen molar-refractivity contribution in [2.75, 3.05) is 37.0 Å². The van der Waals surface area contributed by atoms with Crippen molar-refractivity contribution in [3.63, 3.8) is 0 Å². The summed E-state index contributed by atoms with van der Waals surface area (Å²) in [5.41, 5.74) is 1.24. The van der Waals surface area contributed by atoms with Gasteiger partial charge in [0.05, 0.1) is 29.5 Å². The third-order valence-electron chi connectivity index (χ3n) is 3.53. The van der Waals surface area contributed by atoms with E-state index in [0.717, 1.165) is 5.69 Å². The monoisotopic (exact) mass is 362 g/mol. The number of benzene rings is 2. The number of para-hydroxylation sites is 2. The second-order valence-corrected chi connectivity index (χ2v) is 5.71. The molecular formula is C18H19ClN2O4. The normalized spacial score (nSPS) is 12.4. The van der Waals surface area contributed by atoms with E-state index in [1.807, 2.05) is 31.2 Å². The van der Waals surface area contributed by atoms with Crippen LogP contribution in [0.25, 0.3) is 0 Å². The number of ether oxygens (including phenoxy) is 3. The SMILES string of the molecule is CCOc1ccccc1NCC(=O)Nc1cc2c(cc1Cl)OCCO2. The van der Waals surface area contributed by atoms with Crippen LogP contribution in [0, 0.1) is 0 Å². The summed E-state index contributed by atoms with van der Waals surface area (Å²) in [6.07, 6.45) is 0. The number of carbonyl (C=O) groups excluding carboxylic acids is 1. The molecular weight excluding hydrogens is 344 g/mol. The highest BCUT2D eigenvalue weighted by Gasteiger charge is 2.16. The molecule has 0 saturated carbocycles. The zero-order chi connectivity index (χ0) is 17.6. The number of anilines is 2. The second kappa shape index (κ2) is 7.98. The van der Waals surface area contributed by atoms with Crippen LogP contribution < -0.4 is 24.8 Å². The first-order chi connectivity index (χ1) is 12.2. The summed E-state index contributed by atoms with van der Waals surface area (Å²) < 4.78 is 16.5. The third-order valence-corrected chi connectivity index (χ3v) is 3.84. The second-order valence-electron chi connectivity index (χ2n) is 5.31. The Balaban J connectivity index is 1.63. The highest BCUT2D eigenvalue weighted by Crippen LogP contribution is 2.37. The van der Waals surface area contributed by atoms with E-state index in [1.54, 1.807) is 12.1 Å². The fraction of sp³-hybridized carbons (Fsp3) is 0.278. The third kappa shape index (κ3) is 4.28. The molecule has 6 nitrogen and oxygen atoms in total. The Labute approximate surface area is 151 Å². The lowest BCUT2D eigenvalue weighted by Gasteiger charge is -2.20. The van der Waals surface area contributed by atoms with Crippen molar-refractivity contribution in [1.29, 1.82) is 0 Å². The average molecular weight is 363 g/mol. The molecule has 0 radical (unpaired) electrons. The largest absolute Gasteiger partial charge is 0.492 e. The van der Waals surface area contributed by atoms with Gasteiger partial charge in [-0.3, -0.25) is 4.79 Å². The van der Waals surface area contributed by atoms with Crippen LogP contribution in [0.15, 0.2) is 36.4 Å². The molecule has 2 aromatic carbocycles. The number of hydrogen-bond acceptors (Lipinski definition) is 5. The van der Waals surface area contributed by atoms with E-state index < -0.39 is 0 Å². The Morgan fingerprint density at radius 2 is 1.88 bits per heavy atom. The van der Waals surface area contributed by atoms with E-state index in [0.29, 0.717) is 47.8 Å². The van der Waals surface area contributed by atoms with Gasteiger partial charge in [0, 0.05) is 12.1 Å². The molecule has 132 valence electrons. The first-order valence-electron chi connectivity index (χ1n) is 8.02. The van der Waals surface area contributed by atoms with Gasteiger partial charge in [0.15, 0.2) is 11.5 Å². The first kappa shape index (κ1) is 17.2. The maximum Gasteiger partial charge on any atom is 0.243 e. The van der Waals surface area contributed by atoms with Crippen molar-refractivity contribution in [3.8, 4) is 17.2 Å². The molecule has 25 heavy (non-hydrogen) atoms. The fourth-order valence-corrected chi connectivity index (χ4v) is 2.62. The van der Waals surface area contributed by atoms with Crippen molar-refractivity contribution in [3.05, 3.63) is 41.4 Å². The molecule has 7 heteroatoms. The number of nitrogens with one attached hydrogen (secondary N) is 2. The highest BCUT2D eigenvalue weighted by molar-refractivity contribution is 6.34. The van der Waals surface area contributed by atoms with Crippen LogP contribution in [-0.2, 0) is 4.79 Å². The molecule has 3 rings (SSSR count). The molecule has 0 fully saturated rings. The van der Waals surface area contributed by atoms with Crippen LogP contribution in [0.2, 0.25) is 5.02 Å². The standard InChI is InChI=1S/C18H19ClN2O4/c1-2-23-15-6-4-3-5-13(15)20-11-18(22)21-14-10-17-16(9-12(14)19)24-7-8-25-17/h3-6,9-10,20H,2,7-8,11H2,1H3,(H,21,22). The van der Waals surface area contributed by atoms with Crippen molar-refractivity contribution in [2.24, 2.45) is 0 Å². The number of hydrogen-bond donors (Lipinski definition) is 2. The zero-order valence-electron chi connectivity index (χ0n) is 13.8. The van der Waals surface area contributed by atoms with Crippen molar-refractivity contribution in [2.45, 2.75) is 6.92 Å². The smallest absolute Gasteiger partial charge is 0.243 e. The van der Waals surface area contributed by atoms with Gasteiger partial charge in [-0.05, 0) is 19.1 Å². The lowest BCUT2D eigenvalue weighted by Crippen LogP contribution is -2.22. The van der Waals surface area contributed by atoms with Crippen molar-refractivity contribution < 1.29 is 19.0 Å². The topological polar surface area (TPSA) is 68.8 Å². The van der Waals surface area contributed by atoms with Gasteiger partial charge < -0.3 is 24.8 Å². The lowest BCUT2D eigenvalue weighted by molar-refractivity contribution is -0.114. The van der Waals surface area contributed by atoms with Crippen LogP contribution in [0.3, 0.4) is 0 Å². The average Bonchev–Trinajstić information content (AvgIpc) is 2.62. The van der Waals surface area contributed by atoms with Crippen molar-refractivity contribution >= 4 is 28.9 Å². The Morgan fingerprint density at radius 3 is 2.64 bits per heavy atom. The quantitative estimate of drug-likeness (QED) is 0.822. The van der Waals surface area contributed by atoms with E-state index in [9.17, 15) is 4.79 Å². The van der Waals surface area contributed by atoms with Crippen molar-refractivity contribution in [1.82, 2.24) is 0 Å². The van der Waals surface area contributed by atoms with Crippen LogP contribution in [0.4, 0.5) is 11.4 Å². The molecule has 0 bridgehead atoms. The number of rotatable bonds is 6. The van der Waals surface area contributed by atoms with Crippen LogP contribution in [0.5, 0.6) is 17.2 Å². The van der Waals surface area contributed by atoms with E-state index in [4.69, 9.17) is 25.8 Å². The molecule has 0 unspecified atom stereocenters. The fourth-order valence-electron chi connectivity index (χ4n) is 2.42. The maximum atomic E-state index is 12.2. The summed E-state index contributed by atoms with van der Waals surface area (Å²) in [4.78, 5) is 12.2. The van der Waals surface area contributed by atoms with E-state index in [2.05, 4.69) is 10.6 Å². The Bertz CT molecular complexity index is 767. The van der Waals surface area contributed by atoms with Gasteiger partial charge in [-0.1, -0.05) is 23.7 Å². The van der Waals surface area contributed by atoms with Gasteiger partial charge in [-0.15, -0.1) is 0 Å². The van der Waals surface area contributed by atoms with Crippen LogP contribution in [0.1, 0.15) is 6.92 Å². The van der Waals surface area contributed by atoms with Gasteiger partial charge in [-0.2, -0.15) is 0 Å². The molecule has 0 aromatic heterocycles. The molecule has 2 aromatic rings. The number of amides is 1. The summed E-state index contributed by atoms with van der Waals surface area (Å²) in [6, 6.07) is 10.8. The molecule has 0 aliphatic carbocycles. The Morgan fingerprint density at radius 1 is 1.16 bits per heavy atom. The Hall–Kier alpha value is -2.60. The first-order valence-corrected chi connectivity index (χ1v) is 8.40. The lowest BCUT2D eigenvalue weighted by atomic mass is 10.2. The molecule has 1 heterocycles.